The Labute approximate surface area is 190 Å². The van der Waals surface area contributed by atoms with Gasteiger partial charge in [0.2, 0.25) is 0 Å². The highest BCUT2D eigenvalue weighted by atomic mass is 32.1. The van der Waals surface area contributed by atoms with E-state index in [2.05, 4.69) is 34.4 Å². The molecule has 0 saturated heterocycles. The van der Waals surface area contributed by atoms with Gasteiger partial charge in [-0.1, -0.05) is 26.7 Å². The van der Waals surface area contributed by atoms with Crippen molar-refractivity contribution >= 4 is 50.6 Å². The molecule has 4 heterocycles. The number of carbonyl (C=O) groups is 2. The summed E-state index contributed by atoms with van der Waals surface area (Å²) in [5, 5.41) is 6.81. The average Bonchev–Trinajstić information content (AvgIpc) is 3.15. The largest absolute Gasteiger partial charge is 0.347 e. The van der Waals surface area contributed by atoms with Crippen molar-refractivity contribution in [3.63, 3.8) is 0 Å². The van der Waals surface area contributed by atoms with Gasteiger partial charge in [-0.15, -0.1) is 11.3 Å². The number of nitrogens with one attached hydrogen (secondary N) is 2. The third kappa shape index (κ3) is 3.51. The number of hydrogen-bond acceptors (Lipinski definition) is 6. The van der Waals surface area contributed by atoms with Gasteiger partial charge in [0.05, 0.1) is 22.4 Å². The van der Waals surface area contributed by atoms with Crippen LogP contribution in [-0.2, 0) is 0 Å². The van der Waals surface area contributed by atoms with E-state index < -0.39 is 0 Å². The normalized spacial score (nSPS) is 20.5. The van der Waals surface area contributed by atoms with Crippen LogP contribution in [0.4, 0.5) is 21.9 Å². The Kier molecular flexibility index (Phi) is 5.30. The first-order valence-electron chi connectivity index (χ1n) is 11.0. The van der Waals surface area contributed by atoms with Gasteiger partial charge >= 0.3 is 6.03 Å². The number of thiophene rings is 1. The summed E-state index contributed by atoms with van der Waals surface area (Å²) in [6, 6.07) is 5.14. The molecule has 3 amide bonds. The van der Waals surface area contributed by atoms with Crippen molar-refractivity contribution in [3.05, 3.63) is 41.2 Å². The van der Waals surface area contributed by atoms with E-state index in [1.807, 2.05) is 18.2 Å². The first kappa shape index (κ1) is 20.8. The van der Waals surface area contributed by atoms with E-state index in [-0.39, 0.29) is 29.9 Å². The summed E-state index contributed by atoms with van der Waals surface area (Å²) >= 11 is 1.29. The fraction of sp³-hybridized carbons (Fsp3) is 0.391. The van der Waals surface area contributed by atoms with Crippen LogP contribution in [0.15, 0.2) is 30.6 Å². The lowest BCUT2D eigenvalue weighted by Gasteiger charge is -2.30. The van der Waals surface area contributed by atoms with Gasteiger partial charge in [-0.2, -0.15) is 0 Å². The summed E-state index contributed by atoms with van der Waals surface area (Å²) in [5.41, 5.74) is 9.08. The molecule has 3 aromatic rings. The number of amides is 3. The Morgan fingerprint density at radius 2 is 2.03 bits per heavy atom. The van der Waals surface area contributed by atoms with Crippen molar-refractivity contribution < 1.29 is 9.59 Å². The number of hydrogen-bond donors (Lipinski definition) is 3. The molecular formula is C23H26N6O2S. The summed E-state index contributed by atoms with van der Waals surface area (Å²) in [6.45, 7) is 4.13. The fourth-order valence-electron chi connectivity index (χ4n) is 4.46. The predicted octanol–water partition coefficient (Wildman–Crippen LogP) is 4.50. The third-order valence-electron chi connectivity index (χ3n) is 6.20. The molecule has 9 heteroatoms. The Morgan fingerprint density at radius 3 is 2.81 bits per heavy atom. The van der Waals surface area contributed by atoms with Gasteiger partial charge in [-0.25, -0.2) is 9.78 Å². The van der Waals surface area contributed by atoms with Gasteiger partial charge in [0.1, 0.15) is 9.71 Å². The molecule has 8 nitrogen and oxygen atoms in total. The molecule has 1 saturated carbocycles. The molecule has 0 unspecified atom stereocenters. The minimum atomic E-state index is -0.312. The highest BCUT2D eigenvalue weighted by Crippen LogP contribution is 2.45. The lowest BCUT2D eigenvalue weighted by molar-refractivity contribution is 0.0926. The van der Waals surface area contributed by atoms with Gasteiger partial charge < -0.3 is 16.4 Å². The van der Waals surface area contributed by atoms with Crippen molar-refractivity contribution in [1.82, 2.24) is 15.3 Å². The second kappa shape index (κ2) is 8.14. The number of anilines is 3. The quantitative estimate of drug-likeness (QED) is 0.542. The number of pyridine rings is 2. The first-order valence-corrected chi connectivity index (χ1v) is 11.8. The lowest BCUT2D eigenvalue weighted by atomic mass is 9.91. The number of urea groups is 1. The Balaban J connectivity index is 1.55. The second-order valence-corrected chi connectivity index (χ2v) is 9.70. The van der Waals surface area contributed by atoms with E-state index in [1.54, 1.807) is 17.3 Å². The molecule has 32 heavy (non-hydrogen) atoms. The predicted molar refractivity (Wildman–Crippen MR) is 127 cm³/mol. The zero-order valence-electron chi connectivity index (χ0n) is 18.1. The number of nitrogens with two attached hydrogens (primary N) is 1. The van der Waals surface area contributed by atoms with E-state index in [9.17, 15) is 9.59 Å². The van der Waals surface area contributed by atoms with Crippen molar-refractivity contribution in [3.8, 4) is 0 Å². The Hall–Kier alpha value is -3.04. The van der Waals surface area contributed by atoms with Crippen LogP contribution in [0.1, 0.15) is 60.8 Å². The van der Waals surface area contributed by atoms with Crippen LogP contribution in [0.25, 0.3) is 10.2 Å². The Morgan fingerprint density at radius 1 is 1.25 bits per heavy atom. The molecule has 0 spiro atoms. The first-order chi connectivity index (χ1) is 15.4. The topological polar surface area (TPSA) is 113 Å². The highest BCUT2D eigenvalue weighted by molar-refractivity contribution is 7.21. The number of rotatable bonds is 4. The average molecular weight is 451 g/mol. The molecular weight excluding hydrogens is 424 g/mol. The maximum absolute atomic E-state index is 13.2. The SMILES string of the molecule is CC(C)c1cc(N2C(=O)Nc3c(C(=O)N[C@@H]4CCCC[C@H]4N)sc4nccc2c34)ccn1. The molecule has 4 N–H and O–H groups in total. The lowest BCUT2D eigenvalue weighted by Crippen LogP contribution is -2.49. The highest BCUT2D eigenvalue weighted by Gasteiger charge is 2.34. The molecule has 0 radical (unpaired) electrons. The molecule has 2 atom stereocenters. The zero-order valence-corrected chi connectivity index (χ0v) is 18.9. The van der Waals surface area contributed by atoms with E-state index in [4.69, 9.17) is 5.73 Å². The van der Waals surface area contributed by atoms with Crippen LogP contribution >= 0.6 is 11.3 Å². The van der Waals surface area contributed by atoms with Gasteiger partial charge in [-0.3, -0.25) is 14.7 Å². The number of carbonyl (C=O) groups excluding carboxylic acids is 2. The molecule has 0 aromatic carbocycles. The Bertz CT molecular complexity index is 1210. The molecule has 1 fully saturated rings. The van der Waals surface area contributed by atoms with E-state index >= 15 is 0 Å². The minimum absolute atomic E-state index is 0.0426. The molecule has 1 aliphatic carbocycles. The number of nitrogens with zero attached hydrogens (tertiary/aromatic N) is 3. The third-order valence-corrected chi connectivity index (χ3v) is 7.30. The van der Waals surface area contributed by atoms with Gasteiger partial charge in [0.15, 0.2) is 0 Å². The monoisotopic (exact) mass is 450 g/mol. The van der Waals surface area contributed by atoms with Gasteiger partial charge in [0, 0.05) is 30.2 Å². The molecule has 166 valence electrons. The van der Waals surface area contributed by atoms with Crippen LogP contribution in [0.3, 0.4) is 0 Å². The van der Waals surface area contributed by atoms with Crippen molar-refractivity contribution in [1.29, 1.82) is 0 Å². The molecule has 5 rings (SSSR count). The van der Waals surface area contributed by atoms with E-state index in [1.165, 1.54) is 11.3 Å². The molecule has 3 aromatic heterocycles. The fourth-order valence-corrected chi connectivity index (χ4v) is 5.49. The number of aromatic nitrogens is 2. The summed E-state index contributed by atoms with van der Waals surface area (Å²) in [6.07, 6.45) is 7.31. The minimum Gasteiger partial charge on any atom is -0.347 e. The van der Waals surface area contributed by atoms with Gasteiger partial charge in [-0.05, 0) is 37.0 Å². The van der Waals surface area contributed by atoms with Crippen LogP contribution in [0.2, 0.25) is 0 Å². The maximum Gasteiger partial charge on any atom is 0.331 e. The van der Waals surface area contributed by atoms with Crippen molar-refractivity contribution in [2.45, 2.75) is 57.5 Å². The van der Waals surface area contributed by atoms with E-state index in [0.717, 1.165) is 42.5 Å². The van der Waals surface area contributed by atoms with Crippen LogP contribution in [-0.4, -0.2) is 34.0 Å². The zero-order chi connectivity index (χ0) is 22.4. The summed E-state index contributed by atoms with van der Waals surface area (Å²) in [4.78, 5) is 38.1. The summed E-state index contributed by atoms with van der Waals surface area (Å²) < 4.78 is 0. The second-order valence-electron chi connectivity index (χ2n) is 8.70. The van der Waals surface area contributed by atoms with Crippen LogP contribution < -0.4 is 21.3 Å². The van der Waals surface area contributed by atoms with Gasteiger partial charge in [0.25, 0.3) is 5.91 Å². The summed E-state index contributed by atoms with van der Waals surface area (Å²) in [7, 11) is 0. The maximum atomic E-state index is 13.2. The van der Waals surface area contributed by atoms with Crippen LogP contribution in [0, 0.1) is 0 Å². The standard InChI is InChI=1S/C23H26N6O2S/c1-12(2)16-11-13(7-9-25-16)29-17-8-10-26-22-18(17)19(28-23(29)31)20(32-22)21(30)27-15-6-4-3-5-14(15)24/h7-12,14-15H,3-6,24H2,1-2H3,(H,27,30)(H,28,31)/t14-,15-/m1/s1. The molecule has 1 aliphatic heterocycles. The van der Waals surface area contributed by atoms with Crippen molar-refractivity contribution in [2.24, 2.45) is 5.73 Å². The van der Waals surface area contributed by atoms with E-state index in [0.29, 0.717) is 21.1 Å². The molecule has 2 aliphatic rings. The van der Waals surface area contributed by atoms with Crippen molar-refractivity contribution in [2.75, 3.05) is 10.2 Å². The smallest absolute Gasteiger partial charge is 0.331 e. The van der Waals surface area contributed by atoms with Crippen LogP contribution in [0.5, 0.6) is 0 Å². The summed E-state index contributed by atoms with van der Waals surface area (Å²) in [5.74, 6) is 0.0227. The molecule has 0 bridgehead atoms.